The molecule has 0 saturated carbocycles. The minimum absolute atomic E-state index is 0.0613. The normalized spacial score (nSPS) is 15.0. The Bertz CT molecular complexity index is 1040. The Labute approximate surface area is 166 Å². The largest absolute Gasteiger partial charge is 0.379 e. The number of amides is 1. The SMILES string of the molecule is Cc1ccc(-c2csc3ncc(C(=O)NCCN4CCOCC4)c(=O)n23)cc1. The minimum atomic E-state index is -0.388. The maximum Gasteiger partial charge on any atom is 0.271 e. The molecular formula is C20H22N4O3S. The number of thiazole rings is 1. The summed E-state index contributed by atoms with van der Waals surface area (Å²) in [7, 11) is 0. The van der Waals surface area contributed by atoms with Crippen molar-refractivity contribution in [2.45, 2.75) is 6.92 Å². The highest BCUT2D eigenvalue weighted by atomic mass is 32.1. The highest BCUT2D eigenvalue weighted by molar-refractivity contribution is 7.15. The number of rotatable bonds is 5. The third-order valence-electron chi connectivity index (χ3n) is 4.85. The number of hydrogen-bond acceptors (Lipinski definition) is 6. The second-order valence-electron chi connectivity index (χ2n) is 6.79. The van der Waals surface area contributed by atoms with Crippen molar-refractivity contribution in [3.8, 4) is 11.3 Å². The number of morpholine rings is 1. The fraction of sp³-hybridized carbons (Fsp3) is 0.350. The van der Waals surface area contributed by atoms with E-state index < -0.39 is 0 Å². The first-order valence-corrected chi connectivity index (χ1v) is 10.2. The number of hydrogen-bond donors (Lipinski definition) is 1. The number of fused-ring (bicyclic) bond motifs is 1. The summed E-state index contributed by atoms with van der Waals surface area (Å²) < 4.78 is 6.84. The molecule has 1 fully saturated rings. The van der Waals surface area contributed by atoms with Gasteiger partial charge in [0.1, 0.15) is 5.56 Å². The summed E-state index contributed by atoms with van der Waals surface area (Å²) in [6.07, 6.45) is 1.37. The second kappa shape index (κ2) is 8.22. The van der Waals surface area contributed by atoms with E-state index >= 15 is 0 Å². The van der Waals surface area contributed by atoms with Crippen LogP contribution in [0.15, 0.2) is 40.6 Å². The summed E-state index contributed by atoms with van der Waals surface area (Å²) in [5, 5.41) is 4.74. The van der Waals surface area contributed by atoms with Crippen molar-refractivity contribution in [3.63, 3.8) is 0 Å². The third-order valence-corrected chi connectivity index (χ3v) is 5.69. The van der Waals surface area contributed by atoms with Crippen molar-refractivity contribution >= 4 is 22.2 Å². The summed E-state index contributed by atoms with van der Waals surface area (Å²) in [4.78, 5) is 32.7. The van der Waals surface area contributed by atoms with Gasteiger partial charge < -0.3 is 10.1 Å². The van der Waals surface area contributed by atoms with Crippen LogP contribution in [0.3, 0.4) is 0 Å². The number of ether oxygens (including phenoxy) is 1. The van der Waals surface area contributed by atoms with Crippen LogP contribution in [-0.2, 0) is 4.74 Å². The fourth-order valence-corrected chi connectivity index (χ4v) is 4.08. The van der Waals surface area contributed by atoms with Gasteiger partial charge in [-0.25, -0.2) is 4.98 Å². The Kier molecular flexibility index (Phi) is 5.52. The lowest BCUT2D eigenvalue weighted by molar-refractivity contribution is 0.0383. The molecule has 1 aliphatic rings. The summed E-state index contributed by atoms with van der Waals surface area (Å²) in [6.45, 7) is 6.39. The van der Waals surface area contributed by atoms with E-state index in [9.17, 15) is 9.59 Å². The minimum Gasteiger partial charge on any atom is -0.379 e. The summed E-state index contributed by atoms with van der Waals surface area (Å²) in [6, 6.07) is 7.94. The molecule has 1 aromatic carbocycles. The van der Waals surface area contributed by atoms with E-state index in [0.717, 1.165) is 49.7 Å². The number of aryl methyl sites for hydroxylation is 1. The lowest BCUT2D eigenvalue weighted by Gasteiger charge is -2.26. The van der Waals surface area contributed by atoms with E-state index in [4.69, 9.17) is 4.74 Å². The van der Waals surface area contributed by atoms with Crippen molar-refractivity contribution in [1.82, 2.24) is 19.6 Å². The standard InChI is InChI=1S/C20H22N4O3S/c1-14-2-4-15(5-3-14)17-13-28-20-22-12-16(19(26)24(17)20)18(25)21-6-7-23-8-10-27-11-9-23/h2-5,12-13H,6-11H2,1H3,(H,21,25). The zero-order valence-corrected chi connectivity index (χ0v) is 16.5. The average molecular weight is 398 g/mol. The van der Waals surface area contributed by atoms with Gasteiger partial charge in [0.2, 0.25) is 0 Å². The van der Waals surface area contributed by atoms with Crippen LogP contribution in [0.1, 0.15) is 15.9 Å². The van der Waals surface area contributed by atoms with E-state index in [-0.39, 0.29) is 17.0 Å². The van der Waals surface area contributed by atoms with E-state index in [1.165, 1.54) is 21.9 Å². The molecule has 0 bridgehead atoms. The Hall–Kier alpha value is -2.55. The Morgan fingerprint density at radius 1 is 1.25 bits per heavy atom. The molecule has 0 atom stereocenters. The highest BCUT2D eigenvalue weighted by Crippen LogP contribution is 2.24. The van der Waals surface area contributed by atoms with E-state index in [2.05, 4.69) is 15.2 Å². The molecular weight excluding hydrogens is 376 g/mol. The predicted molar refractivity (Wildman–Crippen MR) is 109 cm³/mol. The van der Waals surface area contributed by atoms with E-state index in [1.54, 1.807) is 0 Å². The Balaban J connectivity index is 1.55. The molecule has 3 heterocycles. The smallest absolute Gasteiger partial charge is 0.271 e. The van der Waals surface area contributed by atoms with Crippen LogP contribution in [0, 0.1) is 6.92 Å². The van der Waals surface area contributed by atoms with Gasteiger partial charge in [0.05, 0.1) is 18.9 Å². The number of nitrogens with zero attached hydrogens (tertiary/aromatic N) is 3. The molecule has 1 N–H and O–H groups in total. The molecule has 0 radical (unpaired) electrons. The number of aromatic nitrogens is 2. The monoisotopic (exact) mass is 398 g/mol. The molecule has 146 valence electrons. The molecule has 1 aliphatic heterocycles. The first-order valence-electron chi connectivity index (χ1n) is 9.28. The molecule has 1 saturated heterocycles. The zero-order valence-electron chi connectivity index (χ0n) is 15.7. The first kappa shape index (κ1) is 18.8. The first-order chi connectivity index (χ1) is 13.6. The zero-order chi connectivity index (χ0) is 19.5. The molecule has 7 nitrogen and oxygen atoms in total. The van der Waals surface area contributed by atoms with Crippen LogP contribution in [0.4, 0.5) is 0 Å². The van der Waals surface area contributed by atoms with E-state index in [0.29, 0.717) is 11.5 Å². The van der Waals surface area contributed by atoms with Crippen molar-refractivity contribution in [1.29, 1.82) is 0 Å². The Morgan fingerprint density at radius 3 is 2.75 bits per heavy atom. The molecule has 0 spiro atoms. The average Bonchev–Trinajstić information content (AvgIpc) is 3.14. The second-order valence-corrected chi connectivity index (χ2v) is 7.63. The molecule has 1 amide bonds. The van der Waals surface area contributed by atoms with Crippen LogP contribution in [-0.4, -0.2) is 59.6 Å². The molecule has 2 aromatic heterocycles. The number of nitrogens with one attached hydrogen (secondary N) is 1. The summed E-state index contributed by atoms with van der Waals surface area (Å²) >= 11 is 1.39. The van der Waals surface area contributed by atoms with Crippen LogP contribution < -0.4 is 10.9 Å². The van der Waals surface area contributed by atoms with Crippen LogP contribution in [0.2, 0.25) is 0 Å². The molecule has 3 aromatic rings. The van der Waals surface area contributed by atoms with Crippen molar-refractivity contribution in [3.05, 3.63) is 57.3 Å². The van der Waals surface area contributed by atoms with Crippen molar-refractivity contribution in [2.75, 3.05) is 39.4 Å². The molecule has 4 rings (SSSR count). The number of carbonyl (C=O) groups excluding carboxylic acids is 1. The van der Waals surface area contributed by atoms with Gasteiger partial charge in [0.25, 0.3) is 11.5 Å². The highest BCUT2D eigenvalue weighted by Gasteiger charge is 2.17. The topological polar surface area (TPSA) is 75.9 Å². The predicted octanol–water partition coefficient (Wildman–Crippen LogP) is 1.79. The molecule has 8 heteroatoms. The maximum atomic E-state index is 13.0. The fourth-order valence-electron chi connectivity index (χ4n) is 3.22. The van der Waals surface area contributed by atoms with Crippen LogP contribution >= 0.6 is 11.3 Å². The number of carbonyl (C=O) groups is 1. The molecule has 0 aliphatic carbocycles. The van der Waals surface area contributed by atoms with Gasteiger partial charge in [-0.3, -0.25) is 18.9 Å². The van der Waals surface area contributed by atoms with Gasteiger partial charge >= 0.3 is 0 Å². The summed E-state index contributed by atoms with van der Waals surface area (Å²) in [5.41, 5.74) is 2.54. The lowest BCUT2D eigenvalue weighted by Crippen LogP contribution is -2.42. The molecule has 0 unspecified atom stereocenters. The van der Waals surface area contributed by atoms with Gasteiger partial charge in [0.15, 0.2) is 4.96 Å². The van der Waals surface area contributed by atoms with Crippen LogP contribution in [0.25, 0.3) is 16.2 Å². The quantitative estimate of drug-likeness (QED) is 0.709. The third kappa shape index (κ3) is 3.84. The van der Waals surface area contributed by atoms with Gasteiger partial charge in [-0.2, -0.15) is 0 Å². The maximum absolute atomic E-state index is 13.0. The van der Waals surface area contributed by atoms with Gasteiger partial charge in [-0.05, 0) is 12.5 Å². The Morgan fingerprint density at radius 2 is 2.00 bits per heavy atom. The molecule has 28 heavy (non-hydrogen) atoms. The van der Waals surface area contributed by atoms with Crippen molar-refractivity contribution in [2.24, 2.45) is 0 Å². The lowest BCUT2D eigenvalue weighted by atomic mass is 10.1. The number of benzene rings is 1. The van der Waals surface area contributed by atoms with Crippen molar-refractivity contribution < 1.29 is 9.53 Å². The van der Waals surface area contributed by atoms with Gasteiger partial charge in [-0.1, -0.05) is 29.8 Å². The van der Waals surface area contributed by atoms with Gasteiger partial charge in [0, 0.05) is 37.8 Å². The van der Waals surface area contributed by atoms with Crippen LogP contribution in [0.5, 0.6) is 0 Å². The van der Waals surface area contributed by atoms with Gasteiger partial charge in [-0.15, -0.1) is 11.3 Å². The summed E-state index contributed by atoms with van der Waals surface area (Å²) in [5.74, 6) is -0.388. The van der Waals surface area contributed by atoms with E-state index in [1.807, 2.05) is 36.6 Å².